The topological polar surface area (TPSA) is 38.7 Å². The molecule has 0 spiro atoms. The van der Waals surface area contributed by atoms with Crippen LogP contribution in [0.1, 0.15) is 35.3 Å². The lowest BCUT2D eigenvalue weighted by atomic mass is 9.93. The molecule has 0 saturated carbocycles. The molecular formula is C17H17FO3. The normalized spacial score (nSPS) is 20.6. The molecule has 3 rings (SSSR count). The maximum Gasteiger partial charge on any atom is 0.129 e. The maximum atomic E-state index is 13.5. The fraction of sp³-hybridized carbons (Fsp3) is 0.294. The minimum absolute atomic E-state index is 0.301. The lowest BCUT2D eigenvalue weighted by Gasteiger charge is -2.31. The first-order valence-electron chi connectivity index (χ1n) is 6.87. The summed E-state index contributed by atoms with van der Waals surface area (Å²) in [6.07, 6.45) is -0.591. The van der Waals surface area contributed by atoms with Gasteiger partial charge in [0.25, 0.3) is 0 Å². The molecule has 1 unspecified atom stereocenters. The molecular weight excluding hydrogens is 271 g/mol. The standard InChI is InChI=1S/C17H17FO3/c1-10-3-4-11(18)7-14(10)17-9-15(19)13-6-5-12(20-2)8-16(13)21-17/h3-8,15,17,19H,9H2,1-2H3/t15-,17?/m0/s1. The predicted molar refractivity (Wildman–Crippen MR) is 77.1 cm³/mol. The largest absolute Gasteiger partial charge is 0.497 e. The number of aryl methyl sites for hydroxylation is 1. The molecule has 0 aromatic heterocycles. The molecule has 1 aliphatic rings. The van der Waals surface area contributed by atoms with E-state index in [4.69, 9.17) is 9.47 Å². The first-order chi connectivity index (χ1) is 10.1. The molecule has 2 atom stereocenters. The SMILES string of the molecule is COc1ccc2c(c1)OC(c1cc(F)ccc1C)C[C@@H]2O. The van der Waals surface area contributed by atoms with Gasteiger partial charge in [0.1, 0.15) is 23.4 Å². The zero-order valence-electron chi connectivity index (χ0n) is 12.0. The van der Waals surface area contributed by atoms with Crippen molar-refractivity contribution in [3.63, 3.8) is 0 Å². The number of halogens is 1. The number of fused-ring (bicyclic) bond motifs is 1. The van der Waals surface area contributed by atoms with Gasteiger partial charge in [0.15, 0.2) is 0 Å². The third-order valence-corrected chi connectivity index (χ3v) is 3.87. The summed E-state index contributed by atoms with van der Waals surface area (Å²) < 4.78 is 24.6. The van der Waals surface area contributed by atoms with E-state index in [0.717, 1.165) is 16.7 Å². The van der Waals surface area contributed by atoms with E-state index in [1.165, 1.54) is 12.1 Å². The van der Waals surface area contributed by atoms with Gasteiger partial charge in [0.05, 0.1) is 13.2 Å². The summed E-state index contributed by atoms with van der Waals surface area (Å²) in [5.41, 5.74) is 2.45. The van der Waals surface area contributed by atoms with Gasteiger partial charge in [-0.3, -0.25) is 0 Å². The molecule has 1 aliphatic heterocycles. The van der Waals surface area contributed by atoms with Crippen molar-refractivity contribution in [2.45, 2.75) is 25.6 Å². The lowest BCUT2D eigenvalue weighted by molar-refractivity contribution is 0.0650. The van der Waals surface area contributed by atoms with E-state index in [1.54, 1.807) is 31.4 Å². The van der Waals surface area contributed by atoms with Crippen molar-refractivity contribution in [2.75, 3.05) is 7.11 Å². The monoisotopic (exact) mass is 288 g/mol. The third-order valence-electron chi connectivity index (χ3n) is 3.87. The Labute approximate surface area is 122 Å². The van der Waals surface area contributed by atoms with Crippen LogP contribution < -0.4 is 9.47 Å². The van der Waals surface area contributed by atoms with E-state index >= 15 is 0 Å². The fourth-order valence-corrected chi connectivity index (χ4v) is 2.70. The summed E-state index contributed by atoms with van der Waals surface area (Å²) in [6, 6.07) is 9.96. The highest BCUT2D eigenvalue weighted by atomic mass is 19.1. The van der Waals surface area contributed by atoms with Crippen LogP contribution >= 0.6 is 0 Å². The number of aliphatic hydroxyl groups is 1. The summed E-state index contributed by atoms with van der Waals surface area (Å²) in [7, 11) is 1.58. The van der Waals surface area contributed by atoms with Crippen molar-refractivity contribution in [3.8, 4) is 11.5 Å². The van der Waals surface area contributed by atoms with Crippen molar-refractivity contribution in [2.24, 2.45) is 0 Å². The zero-order valence-corrected chi connectivity index (χ0v) is 12.0. The van der Waals surface area contributed by atoms with Crippen LogP contribution in [0.3, 0.4) is 0 Å². The van der Waals surface area contributed by atoms with Crippen molar-refractivity contribution >= 4 is 0 Å². The highest BCUT2D eigenvalue weighted by molar-refractivity contribution is 5.44. The van der Waals surface area contributed by atoms with Crippen LogP contribution in [-0.4, -0.2) is 12.2 Å². The summed E-state index contributed by atoms with van der Waals surface area (Å²) >= 11 is 0. The quantitative estimate of drug-likeness (QED) is 0.915. The average molecular weight is 288 g/mol. The van der Waals surface area contributed by atoms with Crippen LogP contribution in [0.2, 0.25) is 0 Å². The molecule has 0 saturated heterocycles. The Morgan fingerprint density at radius 2 is 2.00 bits per heavy atom. The second-order valence-electron chi connectivity index (χ2n) is 5.26. The fourth-order valence-electron chi connectivity index (χ4n) is 2.70. The molecule has 1 N–H and O–H groups in total. The number of hydrogen-bond donors (Lipinski definition) is 1. The molecule has 1 heterocycles. The van der Waals surface area contributed by atoms with Crippen LogP contribution in [0.25, 0.3) is 0 Å². The van der Waals surface area contributed by atoms with E-state index in [9.17, 15) is 9.50 Å². The van der Waals surface area contributed by atoms with Gasteiger partial charge in [-0.05, 0) is 42.3 Å². The molecule has 2 aromatic rings. The third kappa shape index (κ3) is 2.59. The van der Waals surface area contributed by atoms with E-state index in [0.29, 0.717) is 17.9 Å². The van der Waals surface area contributed by atoms with Crippen molar-refractivity contribution < 1.29 is 19.0 Å². The highest BCUT2D eigenvalue weighted by Crippen LogP contribution is 2.42. The number of hydrogen-bond acceptors (Lipinski definition) is 3. The van der Waals surface area contributed by atoms with Gasteiger partial charge >= 0.3 is 0 Å². The second kappa shape index (κ2) is 5.37. The molecule has 3 nitrogen and oxygen atoms in total. The summed E-state index contributed by atoms with van der Waals surface area (Å²) in [6.45, 7) is 1.91. The number of aliphatic hydroxyl groups excluding tert-OH is 1. The van der Waals surface area contributed by atoms with E-state index in [1.807, 2.05) is 6.92 Å². The molecule has 2 aromatic carbocycles. The number of benzene rings is 2. The number of ether oxygens (including phenoxy) is 2. The highest BCUT2D eigenvalue weighted by Gasteiger charge is 2.29. The average Bonchev–Trinajstić information content (AvgIpc) is 2.49. The van der Waals surface area contributed by atoms with Gasteiger partial charge in [-0.15, -0.1) is 0 Å². The Kier molecular flexibility index (Phi) is 3.55. The van der Waals surface area contributed by atoms with E-state index in [-0.39, 0.29) is 11.9 Å². The van der Waals surface area contributed by atoms with Crippen LogP contribution in [0.4, 0.5) is 4.39 Å². The minimum atomic E-state index is -0.632. The Morgan fingerprint density at radius 1 is 1.19 bits per heavy atom. The Bertz CT molecular complexity index is 669. The predicted octanol–water partition coefficient (Wildman–Crippen LogP) is 3.70. The van der Waals surface area contributed by atoms with Crippen LogP contribution in [-0.2, 0) is 0 Å². The number of methoxy groups -OCH3 is 1. The molecule has 0 bridgehead atoms. The van der Waals surface area contributed by atoms with Crippen LogP contribution in [0.5, 0.6) is 11.5 Å². The van der Waals surface area contributed by atoms with Gasteiger partial charge in [-0.25, -0.2) is 4.39 Å². The molecule has 0 aliphatic carbocycles. The zero-order chi connectivity index (χ0) is 15.0. The Balaban J connectivity index is 1.98. The molecule has 21 heavy (non-hydrogen) atoms. The summed E-state index contributed by atoms with van der Waals surface area (Å²) in [4.78, 5) is 0. The smallest absolute Gasteiger partial charge is 0.129 e. The van der Waals surface area contributed by atoms with Crippen LogP contribution in [0.15, 0.2) is 36.4 Å². The first-order valence-corrected chi connectivity index (χ1v) is 6.87. The van der Waals surface area contributed by atoms with Gasteiger partial charge in [-0.1, -0.05) is 6.07 Å². The van der Waals surface area contributed by atoms with Gasteiger partial charge < -0.3 is 14.6 Å². The maximum absolute atomic E-state index is 13.5. The van der Waals surface area contributed by atoms with Gasteiger partial charge in [0.2, 0.25) is 0 Å². The Hall–Kier alpha value is -2.07. The summed E-state index contributed by atoms with van der Waals surface area (Å²) in [5.74, 6) is 0.949. The first kappa shape index (κ1) is 13.9. The molecule has 0 amide bonds. The van der Waals surface area contributed by atoms with Crippen molar-refractivity contribution in [1.82, 2.24) is 0 Å². The lowest BCUT2D eigenvalue weighted by Crippen LogP contribution is -2.20. The van der Waals surface area contributed by atoms with Gasteiger partial charge in [-0.2, -0.15) is 0 Å². The van der Waals surface area contributed by atoms with Gasteiger partial charge in [0, 0.05) is 18.1 Å². The van der Waals surface area contributed by atoms with Crippen LogP contribution in [0, 0.1) is 12.7 Å². The number of rotatable bonds is 2. The summed E-state index contributed by atoms with van der Waals surface area (Å²) in [5, 5.41) is 10.3. The van der Waals surface area contributed by atoms with Crippen molar-refractivity contribution in [3.05, 3.63) is 58.9 Å². The minimum Gasteiger partial charge on any atom is -0.497 e. The molecule has 4 heteroatoms. The molecule has 0 radical (unpaired) electrons. The Morgan fingerprint density at radius 3 is 2.76 bits per heavy atom. The molecule has 110 valence electrons. The van der Waals surface area contributed by atoms with Crippen molar-refractivity contribution in [1.29, 1.82) is 0 Å². The van der Waals surface area contributed by atoms with E-state index < -0.39 is 6.10 Å². The van der Waals surface area contributed by atoms with E-state index in [2.05, 4.69) is 0 Å². The second-order valence-corrected chi connectivity index (χ2v) is 5.26. The molecule has 0 fully saturated rings.